The Morgan fingerprint density at radius 1 is 1.00 bits per heavy atom. The van der Waals surface area contributed by atoms with Crippen molar-refractivity contribution in [3.05, 3.63) is 59.9 Å². The third-order valence-corrected chi connectivity index (χ3v) is 4.47. The predicted octanol–water partition coefficient (Wildman–Crippen LogP) is 3.34. The molecule has 0 aliphatic heterocycles. The molecule has 0 saturated heterocycles. The number of fused-ring (bicyclic) bond motifs is 1. The molecule has 0 unspecified atom stereocenters. The fraction of sp³-hybridized carbons (Fsp3) is 0.0588. The summed E-state index contributed by atoms with van der Waals surface area (Å²) in [6.45, 7) is 0.583. The highest BCUT2D eigenvalue weighted by molar-refractivity contribution is 7.13. The van der Waals surface area contributed by atoms with Crippen LogP contribution in [0.4, 0.5) is 11.6 Å². The van der Waals surface area contributed by atoms with E-state index in [1.807, 2.05) is 24.3 Å². The number of nitrogen functional groups attached to an aromatic ring is 1. The molecule has 0 radical (unpaired) electrons. The van der Waals surface area contributed by atoms with Gasteiger partial charge < -0.3 is 11.1 Å². The van der Waals surface area contributed by atoms with Crippen LogP contribution in [0.25, 0.3) is 21.6 Å². The summed E-state index contributed by atoms with van der Waals surface area (Å²) < 4.78 is 0. The number of nitrogens with two attached hydrogens (primary N) is 1. The van der Waals surface area contributed by atoms with Gasteiger partial charge in [0.25, 0.3) is 0 Å². The van der Waals surface area contributed by atoms with Gasteiger partial charge in [-0.1, -0.05) is 30.3 Å². The van der Waals surface area contributed by atoms with Crippen molar-refractivity contribution < 1.29 is 0 Å². The van der Waals surface area contributed by atoms with E-state index in [1.54, 1.807) is 17.4 Å². The molecule has 24 heavy (non-hydrogen) atoms. The SMILES string of the molecule is Nc1ccc2c(NCc3csc(-c4ccccc4)n3)ncnc2n1. The van der Waals surface area contributed by atoms with Gasteiger partial charge in [0, 0.05) is 10.9 Å². The lowest BCUT2D eigenvalue weighted by atomic mass is 10.2. The minimum atomic E-state index is 0.444. The second-order valence-electron chi connectivity index (χ2n) is 5.19. The number of pyridine rings is 1. The second-order valence-corrected chi connectivity index (χ2v) is 6.05. The van der Waals surface area contributed by atoms with Crippen molar-refractivity contribution in [3.63, 3.8) is 0 Å². The van der Waals surface area contributed by atoms with E-state index in [0.29, 0.717) is 18.0 Å². The highest BCUT2D eigenvalue weighted by atomic mass is 32.1. The first-order valence-electron chi connectivity index (χ1n) is 7.40. The number of hydrogen-bond acceptors (Lipinski definition) is 7. The van der Waals surface area contributed by atoms with Gasteiger partial charge in [-0.05, 0) is 12.1 Å². The van der Waals surface area contributed by atoms with Gasteiger partial charge in [0.1, 0.15) is 23.0 Å². The normalized spacial score (nSPS) is 10.8. The van der Waals surface area contributed by atoms with Gasteiger partial charge >= 0.3 is 0 Å². The number of benzene rings is 1. The molecule has 0 spiro atoms. The summed E-state index contributed by atoms with van der Waals surface area (Å²) in [4.78, 5) is 17.3. The third kappa shape index (κ3) is 2.89. The first-order chi connectivity index (χ1) is 11.8. The van der Waals surface area contributed by atoms with Crippen LogP contribution in [0.3, 0.4) is 0 Å². The smallest absolute Gasteiger partial charge is 0.166 e. The molecule has 4 aromatic rings. The molecule has 0 bridgehead atoms. The Kier molecular flexibility index (Phi) is 3.76. The molecule has 0 aliphatic rings. The molecule has 0 atom stereocenters. The third-order valence-electron chi connectivity index (χ3n) is 3.53. The first kappa shape index (κ1) is 14.5. The highest BCUT2D eigenvalue weighted by Crippen LogP contribution is 2.24. The van der Waals surface area contributed by atoms with Crippen LogP contribution in [0.1, 0.15) is 5.69 Å². The Morgan fingerprint density at radius 3 is 2.75 bits per heavy atom. The maximum atomic E-state index is 5.70. The van der Waals surface area contributed by atoms with Crippen LogP contribution in [-0.4, -0.2) is 19.9 Å². The van der Waals surface area contributed by atoms with E-state index in [4.69, 9.17) is 5.73 Å². The Morgan fingerprint density at radius 2 is 1.88 bits per heavy atom. The molecule has 0 fully saturated rings. The number of aromatic nitrogens is 4. The summed E-state index contributed by atoms with van der Waals surface area (Å²) >= 11 is 1.63. The van der Waals surface area contributed by atoms with E-state index in [9.17, 15) is 0 Å². The van der Waals surface area contributed by atoms with E-state index in [-0.39, 0.29) is 0 Å². The van der Waals surface area contributed by atoms with E-state index in [0.717, 1.165) is 27.5 Å². The number of nitrogens with zero attached hydrogens (tertiary/aromatic N) is 4. The summed E-state index contributed by atoms with van der Waals surface area (Å²) in [6.07, 6.45) is 1.48. The molecule has 3 heterocycles. The number of nitrogens with one attached hydrogen (secondary N) is 1. The van der Waals surface area contributed by atoms with Gasteiger partial charge in [0.2, 0.25) is 0 Å². The van der Waals surface area contributed by atoms with Gasteiger partial charge in [-0.2, -0.15) is 0 Å². The average molecular weight is 334 g/mol. The van der Waals surface area contributed by atoms with Crippen molar-refractivity contribution in [3.8, 4) is 10.6 Å². The minimum absolute atomic E-state index is 0.444. The number of thiazole rings is 1. The van der Waals surface area contributed by atoms with Gasteiger partial charge in [-0.15, -0.1) is 11.3 Å². The lowest BCUT2D eigenvalue weighted by Gasteiger charge is -2.06. The Hall–Kier alpha value is -3.06. The van der Waals surface area contributed by atoms with Crippen LogP contribution >= 0.6 is 11.3 Å². The van der Waals surface area contributed by atoms with Crippen LogP contribution < -0.4 is 11.1 Å². The lowest BCUT2D eigenvalue weighted by molar-refractivity contribution is 1.05. The zero-order valence-electron chi connectivity index (χ0n) is 12.7. The van der Waals surface area contributed by atoms with Crippen LogP contribution in [0, 0.1) is 0 Å². The molecule has 4 rings (SSSR count). The fourth-order valence-corrected chi connectivity index (χ4v) is 3.20. The van der Waals surface area contributed by atoms with Crippen molar-refractivity contribution >= 4 is 34.0 Å². The molecule has 7 heteroatoms. The number of hydrogen-bond donors (Lipinski definition) is 2. The molecular formula is C17H14N6S. The summed E-state index contributed by atoms with van der Waals surface area (Å²) in [7, 11) is 0. The second kappa shape index (κ2) is 6.21. The van der Waals surface area contributed by atoms with Crippen LogP contribution in [0.2, 0.25) is 0 Å². The molecule has 3 N–H and O–H groups in total. The van der Waals surface area contributed by atoms with Crippen molar-refractivity contribution in [2.24, 2.45) is 0 Å². The zero-order valence-corrected chi connectivity index (χ0v) is 13.5. The summed E-state index contributed by atoms with van der Waals surface area (Å²) in [5, 5.41) is 7.20. The molecule has 1 aromatic carbocycles. The summed E-state index contributed by atoms with van der Waals surface area (Å²) in [6, 6.07) is 13.8. The predicted molar refractivity (Wildman–Crippen MR) is 96.6 cm³/mol. The Labute approximate surface area is 142 Å². The van der Waals surface area contributed by atoms with E-state index >= 15 is 0 Å². The quantitative estimate of drug-likeness (QED) is 0.595. The monoisotopic (exact) mass is 334 g/mol. The van der Waals surface area contributed by atoms with Crippen molar-refractivity contribution in [1.29, 1.82) is 0 Å². The molecule has 118 valence electrons. The van der Waals surface area contributed by atoms with Gasteiger partial charge in [-0.25, -0.2) is 19.9 Å². The first-order valence-corrected chi connectivity index (χ1v) is 8.28. The van der Waals surface area contributed by atoms with Crippen molar-refractivity contribution in [2.75, 3.05) is 11.1 Å². The number of anilines is 2. The van der Waals surface area contributed by atoms with Gasteiger partial charge in [0.05, 0.1) is 17.6 Å². The topological polar surface area (TPSA) is 89.6 Å². The maximum absolute atomic E-state index is 5.70. The van der Waals surface area contributed by atoms with E-state index in [1.165, 1.54) is 6.33 Å². The van der Waals surface area contributed by atoms with Gasteiger partial charge in [-0.3, -0.25) is 0 Å². The standard InChI is InChI=1S/C17H14N6S/c18-14-7-6-13-15(20-10-21-16(13)23-14)19-8-12-9-24-17(22-12)11-4-2-1-3-5-11/h1-7,9-10H,8H2,(H3,18,19,20,21,23). The summed E-state index contributed by atoms with van der Waals surface area (Å²) in [5.74, 6) is 1.17. The van der Waals surface area contributed by atoms with Crippen LogP contribution in [0.15, 0.2) is 54.2 Å². The van der Waals surface area contributed by atoms with E-state index < -0.39 is 0 Å². The zero-order chi connectivity index (χ0) is 16.4. The number of rotatable bonds is 4. The minimum Gasteiger partial charge on any atom is -0.384 e. The molecule has 0 aliphatic carbocycles. The molecule has 0 saturated carbocycles. The molecule has 0 amide bonds. The highest BCUT2D eigenvalue weighted by Gasteiger charge is 2.07. The molecular weight excluding hydrogens is 320 g/mol. The van der Waals surface area contributed by atoms with Crippen molar-refractivity contribution in [1.82, 2.24) is 19.9 Å². The molecule has 6 nitrogen and oxygen atoms in total. The molecule has 3 aromatic heterocycles. The van der Waals surface area contributed by atoms with Crippen molar-refractivity contribution in [2.45, 2.75) is 6.54 Å². The van der Waals surface area contributed by atoms with E-state index in [2.05, 4.69) is 42.8 Å². The Balaban J connectivity index is 1.55. The largest absolute Gasteiger partial charge is 0.384 e. The lowest BCUT2D eigenvalue weighted by Crippen LogP contribution is -2.04. The Bertz CT molecular complexity index is 983. The fourth-order valence-electron chi connectivity index (χ4n) is 2.37. The average Bonchev–Trinajstić information content (AvgIpc) is 3.09. The summed E-state index contributed by atoms with van der Waals surface area (Å²) in [5.41, 5.74) is 8.37. The van der Waals surface area contributed by atoms with Crippen LogP contribution in [0.5, 0.6) is 0 Å². The van der Waals surface area contributed by atoms with Crippen LogP contribution in [-0.2, 0) is 6.54 Å². The van der Waals surface area contributed by atoms with Gasteiger partial charge in [0.15, 0.2) is 5.65 Å². The maximum Gasteiger partial charge on any atom is 0.166 e.